The van der Waals surface area contributed by atoms with Crippen LogP contribution in [-0.2, 0) is 12.0 Å². The van der Waals surface area contributed by atoms with Gasteiger partial charge in [-0.1, -0.05) is 42.5 Å². The smallest absolute Gasteiger partial charge is 0.0979 e. The molecule has 2 aromatic rings. The number of rotatable bonds is 5. The first-order chi connectivity index (χ1) is 12.6. The fraction of sp³-hybridized carbons (Fsp3) is 0.478. The van der Waals surface area contributed by atoms with Crippen molar-refractivity contribution in [3.8, 4) is 0 Å². The van der Waals surface area contributed by atoms with Gasteiger partial charge in [0.05, 0.1) is 5.60 Å². The maximum Gasteiger partial charge on any atom is 0.0979 e. The quantitative estimate of drug-likeness (QED) is 0.894. The molecule has 0 aromatic heterocycles. The van der Waals surface area contributed by atoms with Gasteiger partial charge >= 0.3 is 0 Å². The molecule has 2 aromatic carbocycles. The summed E-state index contributed by atoms with van der Waals surface area (Å²) in [6.07, 6.45) is 3.12. The van der Waals surface area contributed by atoms with Gasteiger partial charge in [0.1, 0.15) is 0 Å². The maximum absolute atomic E-state index is 12.1. The van der Waals surface area contributed by atoms with Crippen LogP contribution >= 0.6 is 0 Å². The van der Waals surface area contributed by atoms with Gasteiger partial charge in [0.15, 0.2) is 0 Å². The molecule has 138 valence electrons. The van der Waals surface area contributed by atoms with E-state index >= 15 is 0 Å². The summed E-state index contributed by atoms with van der Waals surface area (Å²) >= 11 is 0. The fourth-order valence-electron chi connectivity index (χ4n) is 4.91. The second kappa shape index (κ2) is 7.05. The Morgan fingerprint density at radius 2 is 1.65 bits per heavy atom. The van der Waals surface area contributed by atoms with E-state index in [1.807, 2.05) is 6.07 Å². The van der Waals surface area contributed by atoms with Crippen molar-refractivity contribution in [1.29, 1.82) is 0 Å². The number of anilines is 1. The second-order valence-corrected chi connectivity index (χ2v) is 8.27. The Balaban J connectivity index is 1.71. The van der Waals surface area contributed by atoms with Crippen molar-refractivity contribution in [2.75, 3.05) is 38.6 Å². The molecular formula is C23H30N2O. The van der Waals surface area contributed by atoms with E-state index in [9.17, 15) is 5.11 Å². The summed E-state index contributed by atoms with van der Waals surface area (Å²) in [4.78, 5) is 4.64. The molecule has 2 atom stereocenters. The molecule has 0 aliphatic carbocycles. The van der Waals surface area contributed by atoms with E-state index in [2.05, 4.69) is 72.4 Å². The Hall–Kier alpha value is -1.84. The average Bonchev–Trinajstić information content (AvgIpc) is 2.69. The number of benzene rings is 2. The highest BCUT2D eigenvalue weighted by Gasteiger charge is 2.47. The molecule has 0 spiro atoms. The molecule has 3 saturated heterocycles. The summed E-state index contributed by atoms with van der Waals surface area (Å²) in [5, 5.41) is 12.1. The van der Waals surface area contributed by atoms with Gasteiger partial charge in [0.2, 0.25) is 0 Å². The molecular weight excluding hydrogens is 320 g/mol. The molecule has 0 amide bonds. The molecule has 3 fully saturated rings. The lowest BCUT2D eigenvalue weighted by molar-refractivity contribution is -0.101. The highest BCUT2D eigenvalue weighted by molar-refractivity contribution is 5.47. The Labute approximate surface area is 157 Å². The molecule has 2 unspecified atom stereocenters. The van der Waals surface area contributed by atoms with Crippen molar-refractivity contribution in [3.05, 3.63) is 65.7 Å². The molecule has 5 rings (SSSR count). The van der Waals surface area contributed by atoms with Gasteiger partial charge in [0.25, 0.3) is 0 Å². The third kappa shape index (κ3) is 3.26. The largest absolute Gasteiger partial charge is 0.384 e. The lowest BCUT2D eigenvalue weighted by Gasteiger charge is -2.51. The van der Waals surface area contributed by atoms with Crippen molar-refractivity contribution < 1.29 is 5.11 Å². The molecule has 2 bridgehead atoms. The van der Waals surface area contributed by atoms with E-state index in [4.69, 9.17) is 0 Å². The van der Waals surface area contributed by atoms with Crippen molar-refractivity contribution >= 4 is 5.69 Å². The van der Waals surface area contributed by atoms with E-state index in [-0.39, 0.29) is 0 Å². The molecule has 26 heavy (non-hydrogen) atoms. The molecule has 3 aliphatic rings. The van der Waals surface area contributed by atoms with Crippen LogP contribution in [0.2, 0.25) is 0 Å². The Morgan fingerprint density at radius 3 is 2.19 bits per heavy atom. The number of hydrogen-bond donors (Lipinski definition) is 1. The summed E-state index contributed by atoms with van der Waals surface area (Å²) < 4.78 is 0. The lowest BCUT2D eigenvalue weighted by Crippen LogP contribution is -2.55. The van der Waals surface area contributed by atoms with Gasteiger partial charge in [-0.15, -0.1) is 0 Å². The lowest BCUT2D eigenvalue weighted by atomic mass is 9.66. The average molecular weight is 351 g/mol. The van der Waals surface area contributed by atoms with E-state index in [1.54, 1.807) is 0 Å². The summed E-state index contributed by atoms with van der Waals surface area (Å²) in [5.74, 6) is 0.928. The molecule has 0 radical (unpaired) electrons. The van der Waals surface area contributed by atoms with Crippen LogP contribution in [0, 0.1) is 11.8 Å². The number of nitrogens with zero attached hydrogens (tertiary/aromatic N) is 2. The van der Waals surface area contributed by atoms with E-state index in [0.29, 0.717) is 18.3 Å². The van der Waals surface area contributed by atoms with Crippen LogP contribution in [0.4, 0.5) is 5.69 Å². The zero-order valence-corrected chi connectivity index (χ0v) is 15.9. The van der Waals surface area contributed by atoms with Gasteiger partial charge in [-0.2, -0.15) is 0 Å². The fourth-order valence-corrected chi connectivity index (χ4v) is 4.91. The Morgan fingerprint density at radius 1 is 1.00 bits per heavy atom. The first-order valence-electron chi connectivity index (χ1n) is 9.83. The third-order valence-corrected chi connectivity index (χ3v) is 6.47. The molecule has 3 heterocycles. The van der Waals surface area contributed by atoms with Crippen molar-refractivity contribution in [3.63, 3.8) is 0 Å². The highest BCUT2D eigenvalue weighted by atomic mass is 16.3. The number of piperidine rings is 3. The SMILES string of the molecule is CN(C)c1ccc(C(O)(Cc2ccccc2)C2CN3CCC2CC3)cc1. The normalized spacial score (nSPS) is 27.1. The van der Waals surface area contributed by atoms with Crippen LogP contribution in [0.1, 0.15) is 24.0 Å². The van der Waals surface area contributed by atoms with Crippen LogP contribution in [0.3, 0.4) is 0 Å². The van der Waals surface area contributed by atoms with Crippen LogP contribution in [0.5, 0.6) is 0 Å². The zero-order valence-electron chi connectivity index (χ0n) is 15.9. The van der Waals surface area contributed by atoms with Gasteiger partial charge in [-0.3, -0.25) is 0 Å². The number of aliphatic hydroxyl groups is 1. The Bertz CT molecular complexity index is 720. The van der Waals surface area contributed by atoms with Crippen molar-refractivity contribution in [2.45, 2.75) is 24.9 Å². The summed E-state index contributed by atoms with van der Waals surface area (Å²) in [7, 11) is 4.11. The predicted octanol–water partition coefficient (Wildman–Crippen LogP) is 3.52. The second-order valence-electron chi connectivity index (χ2n) is 8.27. The maximum atomic E-state index is 12.1. The van der Waals surface area contributed by atoms with Gasteiger partial charge in [-0.05, 0) is 55.1 Å². The van der Waals surface area contributed by atoms with Gasteiger partial charge in [0, 0.05) is 38.7 Å². The molecule has 3 heteroatoms. The van der Waals surface area contributed by atoms with Crippen LogP contribution in [0.15, 0.2) is 54.6 Å². The standard InChI is InChI=1S/C23H30N2O/c1-24(2)21-10-8-20(9-11-21)23(26,16-18-6-4-3-5-7-18)22-17-25-14-12-19(22)13-15-25/h3-11,19,22,26H,12-17H2,1-2H3. The zero-order chi connectivity index (χ0) is 18.1. The van der Waals surface area contributed by atoms with Crippen LogP contribution < -0.4 is 4.90 Å². The van der Waals surface area contributed by atoms with Crippen LogP contribution in [0.25, 0.3) is 0 Å². The van der Waals surface area contributed by atoms with E-state index < -0.39 is 5.60 Å². The highest BCUT2D eigenvalue weighted by Crippen LogP contribution is 2.45. The van der Waals surface area contributed by atoms with E-state index in [0.717, 1.165) is 12.1 Å². The predicted molar refractivity (Wildman–Crippen MR) is 107 cm³/mol. The summed E-state index contributed by atoms with van der Waals surface area (Å²) in [5.41, 5.74) is 2.63. The van der Waals surface area contributed by atoms with E-state index in [1.165, 1.54) is 37.2 Å². The molecule has 1 N–H and O–H groups in total. The minimum Gasteiger partial charge on any atom is -0.384 e. The number of hydrogen-bond acceptors (Lipinski definition) is 3. The summed E-state index contributed by atoms with van der Waals surface area (Å²) in [6.45, 7) is 3.41. The minimum absolute atomic E-state index is 0.301. The topological polar surface area (TPSA) is 26.7 Å². The molecule has 0 saturated carbocycles. The monoisotopic (exact) mass is 350 g/mol. The minimum atomic E-state index is -0.810. The van der Waals surface area contributed by atoms with Gasteiger partial charge in [-0.25, -0.2) is 0 Å². The van der Waals surface area contributed by atoms with Crippen LogP contribution in [-0.4, -0.2) is 43.7 Å². The Kier molecular flexibility index (Phi) is 4.76. The first kappa shape index (κ1) is 17.6. The van der Waals surface area contributed by atoms with Gasteiger partial charge < -0.3 is 14.9 Å². The first-order valence-corrected chi connectivity index (χ1v) is 9.83. The van der Waals surface area contributed by atoms with Crippen molar-refractivity contribution in [1.82, 2.24) is 4.90 Å². The molecule has 3 aliphatic heterocycles. The third-order valence-electron chi connectivity index (χ3n) is 6.47. The number of fused-ring (bicyclic) bond motifs is 3. The molecule has 3 nitrogen and oxygen atoms in total. The van der Waals surface area contributed by atoms with Crippen molar-refractivity contribution in [2.24, 2.45) is 11.8 Å². The summed E-state index contributed by atoms with van der Waals surface area (Å²) in [6, 6.07) is 19.0.